The Kier molecular flexibility index (Phi) is 4.18. The monoisotopic (exact) mass is 245 g/mol. The van der Waals surface area contributed by atoms with E-state index in [0.717, 1.165) is 18.4 Å². The predicted molar refractivity (Wildman–Crippen MR) is 75.2 cm³/mol. The SMILES string of the molecule is CCC(C)N(C)CC(=O)c1ccc2c(c1)CCC2. The third kappa shape index (κ3) is 2.81. The number of benzene rings is 1. The number of nitrogens with zero attached hydrogens (tertiary/aromatic N) is 1. The first-order valence-electron chi connectivity index (χ1n) is 6.97. The minimum atomic E-state index is 0.243. The lowest BCUT2D eigenvalue weighted by Crippen LogP contribution is -2.33. The Labute approximate surface area is 110 Å². The number of aryl methyl sites for hydroxylation is 2. The topological polar surface area (TPSA) is 20.3 Å². The molecule has 0 aromatic heterocycles. The zero-order chi connectivity index (χ0) is 13.1. The quantitative estimate of drug-likeness (QED) is 0.743. The second-order valence-corrected chi connectivity index (χ2v) is 5.43. The first-order valence-corrected chi connectivity index (χ1v) is 6.97. The van der Waals surface area contributed by atoms with Crippen LogP contribution >= 0.6 is 0 Å². The molecule has 0 saturated heterocycles. The number of carbonyl (C=O) groups is 1. The van der Waals surface area contributed by atoms with Gasteiger partial charge in [0.15, 0.2) is 5.78 Å². The van der Waals surface area contributed by atoms with E-state index in [1.165, 1.54) is 24.0 Å². The van der Waals surface area contributed by atoms with E-state index in [-0.39, 0.29) is 5.78 Å². The van der Waals surface area contributed by atoms with Crippen LogP contribution in [0.2, 0.25) is 0 Å². The number of hydrogen-bond acceptors (Lipinski definition) is 2. The molecule has 0 heterocycles. The average Bonchev–Trinajstić information content (AvgIpc) is 2.84. The molecule has 0 N–H and O–H groups in total. The number of fused-ring (bicyclic) bond motifs is 1. The lowest BCUT2D eigenvalue weighted by Gasteiger charge is -2.22. The fourth-order valence-electron chi connectivity index (χ4n) is 2.53. The molecule has 2 rings (SSSR count). The molecule has 18 heavy (non-hydrogen) atoms. The summed E-state index contributed by atoms with van der Waals surface area (Å²) in [6.45, 7) is 4.84. The van der Waals surface area contributed by atoms with E-state index in [1.54, 1.807) is 0 Å². The Morgan fingerprint density at radius 2 is 2.06 bits per heavy atom. The first kappa shape index (κ1) is 13.3. The second-order valence-electron chi connectivity index (χ2n) is 5.43. The Bertz CT molecular complexity index is 439. The molecule has 1 aliphatic carbocycles. The molecule has 2 nitrogen and oxygen atoms in total. The van der Waals surface area contributed by atoms with E-state index in [4.69, 9.17) is 0 Å². The summed E-state index contributed by atoms with van der Waals surface area (Å²) in [5.74, 6) is 0.243. The van der Waals surface area contributed by atoms with E-state index >= 15 is 0 Å². The van der Waals surface area contributed by atoms with Crippen LogP contribution in [0.5, 0.6) is 0 Å². The lowest BCUT2D eigenvalue weighted by molar-refractivity contribution is 0.0923. The van der Waals surface area contributed by atoms with Crippen LogP contribution in [0.3, 0.4) is 0 Å². The second kappa shape index (κ2) is 5.66. The highest BCUT2D eigenvalue weighted by atomic mass is 16.1. The maximum atomic E-state index is 12.2. The van der Waals surface area contributed by atoms with Gasteiger partial charge in [0.1, 0.15) is 0 Å². The van der Waals surface area contributed by atoms with Crippen molar-refractivity contribution in [1.82, 2.24) is 4.90 Å². The van der Waals surface area contributed by atoms with E-state index < -0.39 is 0 Å². The smallest absolute Gasteiger partial charge is 0.176 e. The molecule has 0 saturated carbocycles. The summed E-state index contributed by atoms with van der Waals surface area (Å²) < 4.78 is 0. The highest BCUT2D eigenvalue weighted by Crippen LogP contribution is 2.23. The molecule has 2 heteroatoms. The molecule has 0 spiro atoms. The summed E-state index contributed by atoms with van der Waals surface area (Å²) in [6, 6.07) is 6.70. The van der Waals surface area contributed by atoms with Crippen LogP contribution in [-0.4, -0.2) is 30.3 Å². The number of carbonyl (C=O) groups excluding carboxylic acids is 1. The Morgan fingerprint density at radius 3 is 2.78 bits per heavy atom. The van der Waals surface area contributed by atoms with Gasteiger partial charge in [-0.05, 0) is 56.8 Å². The fraction of sp³-hybridized carbons (Fsp3) is 0.562. The summed E-state index contributed by atoms with van der Waals surface area (Å²) in [4.78, 5) is 14.4. The van der Waals surface area contributed by atoms with E-state index in [9.17, 15) is 4.79 Å². The summed E-state index contributed by atoms with van der Waals surface area (Å²) in [7, 11) is 2.03. The average molecular weight is 245 g/mol. The summed E-state index contributed by atoms with van der Waals surface area (Å²) in [6.07, 6.45) is 4.63. The summed E-state index contributed by atoms with van der Waals surface area (Å²) >= 11 is 0. The Balaban J connectivity index is 2.05. The molecule has 98 valence electrons. The summed E-state index contributed by atoms with van der Waals surface area (Å²) in [5, 5.41) is 0. The van der Waals surface area contributed by atoms with Crippen molar-refractivity contribution in [2.75, 3.05) is 13.6 Å². The molecule has 1 atom stereocenters. The van der Waals surface area contributed by atoms with Gasteiger partial charge in [0.25, 0.3) is 0 Å². The van der Waals surface area contributed by atoms with Crippen molar-refractivity contribution in [2.24, 2.45) is 0 Å². The minimum absolute atomic E-state index is 0.243. The van der Waals surface area contributed by atoms with Gasteiger partial charge in [0.2, 0.25) is 0 Å². The van der Waals surface area contributed by atoms with Gasteiger partial charge >= 0.3 is 0 Å². The van der Waals surface area contributed by atoms with Crippen LogP contribution < -0.4 is 0 Å². The van der Waals surface area contributed by atoms with Crippen LogP contribution in [0.25, 0.3) is 0 Å². The molecular weight excluding hydrogens is 222 g/mol. The molecule has 1 aromatic carbocycles. The van der Waals surface area contributed by atoms with Crippen LogP contribution in [0.15, 0.2) is 18.2 Å². The number of rotatable bonds is 5. The van der Waals surface area contributed by atoms with Gasteiger partial charge in [0.05, 0.1) is 6.54 Å². The van der Waals surface area contributed by atoms with E-state index in [2.05, 4.69) is 30.9 Å². The van der Waals surface area contributed by atoms with Crippen molar-refractivity contribution in [3.8, 4) is 0 Å². The molecule has 0 amide bonds. The summed E-state index contributed by atoms with van der Waals surface area (Å²) in [5.41, 5.74) is 3.69. The van der Waals surface area contributed by atoms with Crippen LogP contribution in [-0.2, 0) is 12.8 Å². The van der Waals surface area contributed by atoms with Gasteiger partial charge in [0, 0.05) is 11.6 Å². The molecule has 0 radical (unpaired) electrons. The van der Waals surface area contributed by atoms with Crippen molar-refractivity contribution in [3.63, 3.8) is 0 Å². The van der Waals surface area contributed by atoms with Gasteiger partial charge in [-0.25, -0.2) is 0 Å². The third-order valence-electron chi connectivity index (χ3n) is 4.16. The molecule has 1 aromatic rings. The first-order chi connectivity index (χ1) is 8.61. The number of hydrogen-bond donors (Lipinski definition) is 0. The van der Waals surface area contributed by atoms with Gasteiger partial charge < -0.3 is 0 Å². The third-order valence-corrected chi connectivity index (χ3v) is 4.16. The molecule has 0 bridgehead atoms. The van der Waals surface area contributed by atoms with E-state index in [1.807, 2.05) is 13.1 Å². The lowest BCUT2D eigenvalue weighted by atomic mass is 10.0. The van der Waals surface area contributed by atoms with E-state index in [0.29, 0.717) is 12.6 Å². The molecule has 1 unspecified atom stereocenters. The minimum Gasteiger partial charge on any atom is -0.296 e. The number of ketones is 1. The predicted octanol–water partition coefficient (Wildman–Crippen LogP) is 3.09. The van der Waals surface area contributed by atoms with Crippen molar-refractivity contribution in [1.29, 1.82) is 0 Å². The number of Topliss-reactive ketones (excluding diaryl/α,β-unsaturated/α-hetero) is 1. The Morgan fingerprint density at radius 1 is 1.33 bits per heavy atom. The van der Waals surface area contributed by atoms with Crippen LogP contribution in [0.1, 0.15) is 48.2 Å². The normalized spacial score (nSPS) is 15.8. The molecule has 0 fully saturated rings. The molecule has 0 aliphatic heterocycles. The highest BCUT2D eigenvalue weighted by molar-refractivity contribution is 5.97. The fourth-order valence-corrected chi connectivity index (χ4v) is 2.53. The van der Waals surface area contributed by atoms with Crippen molar-refractivity contribution in [3.05, 3.63) is 34.9 Å². The van der Waals surface area contributed by atoms with Crippen LogP contribution in [0.4, 0.5) is 0 Å². The number of likely N-dealkylation sites (N-methyl/N-ethyl adjacent to an activating group) is 1. The zero-order valence-electron chi connectivity index (χ0n) is 11.7. The van der Waals surface area contributed by atoms with Crippen LogP contribution in [0, 0.1) is 0 Å². The maximum absolute atomic E-state index is 12.2. The van der Waals surface area contributed by atoms with Gasteiger partial charge in [-0.1, -0.05) is 19.1 Å². The molecular formula is C16H23NO. The van der Waals surface area contributed by atoms with Gasteiger partial charge in [-0.15, -0.1) is 0 Å². The van der Waals surface area contributed by atoms with Crippen molar-refractivity contribution in [2.45, 2.75) is 45.6 Å². The zero-order valence-corrected chi connectivity index (χ0v) is 11.7. The van der Waals surface area contributed by atoms with Crippen molar-refractivity contribution >= 4 is 5.78 Å². The molecule has 1 aliphatic rings. The largest absolute Gasteiger partial charge is 0.296 e. The van der Waals surface area contributed by atoms with Crippen molar-refractivity contribution < 1.29 is 4.79 Å². The van der Waals surface area contributed by atoms with Gasteiger partial charge in [-0.2, -0.15) is 0 Å². The maximum Gasteiger partial charge on any atom is 0.176 e. The Hall–Kier alpha value is -1.15. The standard InChI is InChI=1S/C16H23NO/c1-4-12(2)17(3)11-16(18)15-9-8-13-6-5-7-14(13)10-15/h8-10,12H,4-7,11H2,1-3H3. The van der Waals surface area contributed by atoms with Gasteiger partial charge in [-0.3, -0.25) is 9.69 Å². The highest BCUT2D eigenvalue weighted by Gasteiger charge is 2.16.